The van der Waals surface area contributed by atoms with Crippen LogP contribution in [0.15, 0.2) is 42.7 Å². The van der Waals surface area contributed by atoms with Gasteiger partial charge in [-0.25, -0.2) is 0 Å². The highest BCUT2D eigenvalue weighted by atomic mass is 15.0. The first-order valence-electron chi connectivity index (χ1n) is 6.27. The lowest BCUT2D eigenvalue weighted by molar-refractivity contribution is 0.648. The molecule has 0 saturated heterocycles. The van der Waals surface area contributed by atoms with Crippen molar-refractivity contribution < 1.29 is 0 Å². The second-order valence-corrected chi connectivity index (χ2v) is 4.86. The maximum Gasteiger partial charge on any atom is 0.0561 e. The summed E-state index contributed by atoms with van der Waals surface area (Å²) in [5, 5.41) is 3.55. The van der Waals surface area contributed by atoms with E-state index in [9.17, 15) is 0 Å². The number of hydrogen-bond acceptors (Lipinski definition) is 3. The van der Waals surface area contributed by atoms with E-state index in [2.05, 4.69) is 41.5 Å². The molecule has 92 valence electrons. The average Bonchev–Trinajstić information content (AvgIpc) is 2.70. The van der Waals surface area contributed by atoms with E-state index >= 15 is 0 Å². The minimum Gasteiger partial charge on any atom is -0.377 e. The van der Waals surface area contributed by atoms with Gasteiger partial charge in [-0.05, 0) is 36.1 Å². The highest BCUT2D eigenvalue weighted by Crippen LogP contribution is 2.39. The number of nitrogens with two attached hydrogens (primary N) is 1. The van der Waals surface area contributed by atoms with E-state index in [1.54, 1.807) is 0 Å². The van der Waals surface area contributed by atoms with Crippen molar-refractivity contribution in [2.45, 2.75) is 25.4 Å². The summed E-state index contributed by atoms with van der Waals surface area (Å²) in [7, 11) is 0. The van der Waals surface area contributed by atoms with Crippen LogP contribution in [0.2, 0.25) is 0 Å². The topological polar surface area (TPSA) is 50.9 Å². The third kappa shape index (κ3) is 1.87. The second kappa shape index (κ2) is 4.42. The van der Waals surface area contributed by atoms with Crippen molar-refractivity contribution in [1.82, 2.24) is 4.98 Å². The van der Waals surface area contributed by atoms with E-state index in [0.29, 0.717) is 6.04 Å². The Morgan fingerprint density at radius 2 is 2.00 bits per heavy atom. The lowest BCUT2D eigenvalue weighted by atomic mass is 10.1. The fourth-order valence-electron chi connectivity index (χ4n) is 2.61. The van der Waals surface area contributed by atoms with Gasteiger partial charge in [-0.2, -0.15) is 0 Å². The predicted molar refractivity (Wildman–Crippen MR) is 73.3 cm³/mol. The third-order valence-electron chi connectivity index (χ3n) is 3.63. The fourth-order valence-corrected chi connectivity index (χ4v) is 2.61. The zero-order valence-corrected chi connectivity index (χ0v) is 10.4. The summed E-state index contributed by atoms with van der Waals surface area (Å²) in [5.74, 6) is 0. The Bertz CT molecular complexity index is 565. The number of anilines is 1. The van der Waals surface area contributed by atoms with E-state index in [1.807, 2.05) is 18.5 Å². The van der Waals surface area contributed by atoms with Gasteiger partial charge in [0, 0.05) is 12.2 Å². The van der Waals surface area contributed by atoms with Crippen LogP contribution in [0, 0.1) is 6.92 Å². The molecule has 1 aliphatic carbocycles. The largest absolute Gasteiger partial charge is 0.377 e. The summed E-state index contributed by atoms with van der Waals surface area (Å²) < 4.78 is 0. The quantitative estimate of drug-likeness (QED) is 0.847. The van der Waals surface area contributed by atoms with E-state index in [1.165, 1.54) is 16.7 Å². The molecule has 0 spiro atoms. The number of nitrogens with zero attached hydrogens (tertiary/aromatic N) is 1. The maximum atomic E-state index is 6.17. The fraction of sp³-hybridized carbons (Fsp3) is 0.267. The van der Waals surface area contributed by atoms with Gasteiger partial charge in [0.25, 0.3) is 0 Å². The Kier molecular flexibility index (Phi) is 2.76. The highest BCUT2D eigenvalue weighted by molar-refractivity contribution is 5.52. The van der Waals surface area contributed by atoms with Crippen LogP contribution in [0.5, 0.6) is 0 Å². The molecule has 2 aromatic rings. The number of benzene rings is 1. The minimum absolute atomic E-state index is 0.135. The Labute approximate surface area is 107 Å². The van der Waals surface area contributed by atoms with Gasteiger partial charge in [0.15, 0.2) is 0 Å². The first-order valence-corrected chi connectivity index (χ1v) is 6.27. The predicted octanol–water partition coefficient (Wildman–Crippen LogP) is 2.95. The van der Waals surface area contributed by atoms with Crippen LogP contribution in [0.3, 0.4) is 0 Å². The number of fused-ring (bicyclic) bond motifs is 1. The van der Waals surface area contributed by atoms with E-state index in [-0.39, 0.29) is 6.04 Å². The molecule has 1 aliphatic rings. The van der Waals surface area contributed by atoms with Crippen molar-refractivity contribution in [3.63, 3.8) is 0 Å². The molecule has 2 unspecified atom stereocenters. The van der Waals surface area contributed by atoms with Crippen molar-refractivity contribution in [2.75, 3.05) is 5.32 Å². The van der Waals surface area contributed by atoms with Gasteiger partial charge in [-0.3, -0.25) is 4.98 Å². The summed E-state index contributed by atoms with van der Waals surface area (Å²) in [6, 6.07) is 10.8. The van der Waals surface area contributed by atoms with Crippen molar-refractivity contribution in [2.24, 2.45) is 5.73 Å². The lowest BCUT2D eigenvalue weighted by Gasteiger charge is -2.16. The molecule has 1 aromatic heterocycles. The van der Waals surface area contributed by atoms with Gasteiger partial charge < -0.3 is 11.1 Å². The first-order chi connectivity index (χ1) is 8.75. The molecule has 3 nitrogen and oxygen atoms in total. The molecule has 0 aliphatic heterocycles. The zero-order valence-electron chi connectivity index (χ0n) is 10.4. The summed E-state index contributed by atoms with van der Waals surface area (Å²) in [4.78, 5) is 4.17. The normalized spacial score (nSPS) is 21.7. The molecule has 3 rings (SSSR count). The molecular formula is C15H17N3. The van der Waals surface area contributed by atoms with Crippen molar-refractivity contribution in [1.29, 1.82) is 0 Å². The number of pyridine rings is 1. The van der Waals surface area contributed by atoms with Gasteiger partial charge >= 0.3 is 0 Å². The number of aryl methyl sites for hydroxylation is 1. The van der Waals surface area contributed by atoms with Crippen LogP contribution in [0.1, 0.15) is 35.2 Å². The molecule has 3 heteroatoms. The van der Waals surface area contributed by atoms with Crippen molar-refractivity contribution in [3.8, 4) is 0 Å². The van der Waals surface area contributed by atoms with Crippen LogP contribution in [0.25, 0.3) is 0 Å². The average molecular weight is 239 g/mol. The van der Waals surface area contributed by atoms with Crippen LogP contribution >= 0.6 is 0 Å². The summed E-state index contributed by atoms with van der Waals surface area (Å²) in [5.41, 5.74) is 11.0. The molecule has 0 radical (unpaired) electrons. The Morgan fingerprint density at radius 3 is 2.78 bits per heavy atom. The van der Waals surface area contributed by atoms with Gasteiger partial charge in [0.1, 0.15) is 0 Å². The molecule has 18 heavy (non-hydrogen) atoms. The Morgan fingerprint density at radius 1 is 1.22 bits per heavy atom. The molecule has 0 fully saturated rings. The van der Waals surface area contributed by atoms with E-state index in [0.717, 1.165) is 12.1 Å². The van der Waals surface area contributed by atoms with Gasteiger partial charge in [-0.15, -0.1) is 0 Å². The maximum absolute atomic E-state index is 6.17. The number of hydrogen-bond donors (Lipinski definition) is 2. The summed E-state index contributed by atoms with van der Waals surface area (Å²) >= 11 is 0. The number of aromatic nitrogens is 1. The molecule has 1 heterocycles. The van der Waals surface area contributed by atoms with Crippen LogP contribution < -0.4 is 11.1 Å². The van der Waals surface area contributed by atoms with Crippen LogP contribution in [-0.2, 0) is 0 Å². The Hall–Kier alpha value is -1.87. The SMILES string of the molecule is Cc1ccncc1NC1CC(N)c2ccccc21. The summed E-state index contributed by atoms with van der Waals surface area (Å²) in [6.45, 7) is 2.09. The standard InChI is InChI=1S/C15H17N3/c1-10-6-7-17-9-15(10)18-14-8-13(16)11-4-2-3-5-12(11)14/h2-7,9,13-14,18H,8,16H2,1H3. The smallest absolute Gasteiger partial charge is 0.0561 e. The van der Waals surface area contributed by atoms with E-state index < -0.39 is 0 Å². The molecular weight excluding hydrogens is 222 g/mol. The monoisotopic (exact) mass is 239 g/mol. The summed E-state index contributed by atoms with van der Waals surface area (Å²) in [6.07, 6.45) is 4.63. The molecule has 2 atom stereocenters. The van der Waals surface area contributed by atoms with Gasteiger partial charge in [0.05, 0.1) is 17.9 Å². The van der Waals surface area contributed by atoms with Gasteiger partial charge in [-0.1, -0.05) is 24.3 Å². The molecule has 0 saturated carbocycles. The van der Waals surface area contributed by atoms with Crippen molar-refractivity contribution >= 4 is 5.69 Å². The van der Waals surface area contributed by atoms with Crippen LogP contribution in [0.4, 0.5) is 5.69 Å². The molecule has 1 aromatic carbocycles. The zero-order chi connectivity index (χ0) is 12.5. The second-order valence-electron chi connectivity index (χ2n) is 4.86. The minimum atomic E-state index is 0.135. The number of nitrogens with one attached hydrogen (secondary N) is 1. The number of rotatable bonds is 2. The van der Waals surface area contributed by atoms with Crippen molar-refractivity contribution in [3.05, 3.63) is 59.4 Å². The Balaban J connectivity index is 1.90. The third-order valence-corrected chi connectivity index (χ3v) is 3.63. The molecule has 3 N–H and O–H groups in total. The van der Waals surface area contributed by atoms with E-state index in [4.69, 9.17) is 5.73 Å². The van der Waals surface area contributed by atoms with Crippen LogP contribution in [-0.4, -0.2) is 4.98 Å². The molecule has 0 bridgehead atoms. The highest BCUT2D eigenvalue weighted by Gasteiger charge is 2.28. The molecule has 0 amide bonds. The van der Waals surface area contributed by atoms with Gasteiger partial charge in [0.2, 0.25) is 0 Å². The first kappa shape index (κ1) is 11.2. The lowest BCUT2D eigenvalue weighted by Crippen LogP contribution is -2.10.